The number of esters is 2. The van der Waals surface area contributed by atoms with Gasteiger partial charge in [0.05, 0.1) is 12.2 Å². The third-order valence-electron chi connectivity index (χ3n) is 5.92. The second-order valence-corrected chi connectivity index (χ2v) is 10.2. The molecule has 0 spiro atoms. The van der Waals surface area contributed by atoms with E-state index in [1.807, 2.05) is 12.1 Å². The average molecular weight is 461 g/mol. The highest BCUT2D eigenvalue weighted by Crippen LogP contribution is 2.25. The molecule has 33 heavy (non-hydrogen) atoms. The van der Waals surface area contributed by atoms with Crippen LogP contribution in [0.1, 0.15) is 109 Å². The number of carbonyl (C=O) groups is 3. The molecule has 0 N–H and O–H groups in total. The van der Waals surface area contributed by atoms with Gasteiger partial charge >= 0.3 is 11.9 Å². The Morgan fingerprint density at radius 2 is 1.48 bits per heavy atom. The molecule has 0 aliphatic carbocycles. The molecule has 0 aliphatic heterocycles. The second kappa shape index (κ2) is 14.9. The number of benzene rings is 1. The lowest BCUT2D eigenvalue weighted by Gasteiger charge is -2.22. The number of hydrogen-bond acceptors (Lipinski definition) is 5. The quantitative estimate of drug-likeness (QED) is 0.272. The summed E-state index contributed by atoms with van der Waals surface area (Å²) in [6, 6.07) is 7.50. The van der Waals surface area contributed by atoms with Gasteiger partial charge in [0.15, 0.2) is 0 Å². The van der Waals surface area contributed by atoms with Gasteiger partial charge in [-0.05, 0) is 94.7 Å². The Hall–Kier alpha value is -2.17. The van der Waals surface area contributed by atoms with E-state index in [1.54, 1.807) is 26.0 Å². The van der Waals surface area contributed by atoms with E-state index in [0.29, 0.717) is 12.2 Å². The topological polar surface area (TPSA) is 69.7 Å². The molecule has 0 aromatic heterocycles. The van der Waals surface area contributed by atoms with Crippen LogP contribution in [0.5, 0.6) is 0 Å². The van der Waals surface area contributed by atoms with Gasteiger partial charge in [0.1, 0.15) is 11.9 Å². The van der Waals surface area contributed by atoms with Gasteiger partial charge in [-0.15, -0.1) is 0 Å². The van der Waals surface area contributed by atoms with Crippen LogP contribution >= 0.6 is 0 Å². The monoisotopic (exact) mass is 460 g/mol. The van der Waals surface area contributed by atoms with Gasteiger partial charge in [-0.1, -0.05) is 32.9 Å². The van der Waals surface area contributed by atoms with Crippen molar-refractivity contribution in [2.75, 3.05) is 6.61 Å². The maximum absolute atomic E-state index is 12.2. The van der Waals surface area contributed by atoms with Crippen molar-refractivity contribution in [3.63, 3.8) is 0 Å². The Labute approximate surface area is 200 Å². The van der Waals surface area contributed by atoms with Gasteiger partial charge in [-0.3, -0.25) is 9.59 Å². The van der Waals surface area contributed by atoms with Crippen LogP contribution in [0.15, 0.2) is 24.3 Å². The first kappa shape index (κ1) is 28.9. The van der Waals surface area contributed by atoms with Crippen molar-refractivity contribution in [3.8, 4) is 0 Å². The lowest BCUT2D eigenvalue weighted by Crippen LogP contribution is -2.19. The van der Waals surface area contributed by atoms with Gasteiger partial charge in [0.2, 0.25) is 0 Å². The number of aryl methyl sites for hydroxylation is 1. The molecule has 2 atom stereocenters. The van der Waals surface area contributed by atoms with E-state index in [0.717, 1.165) is 63.4 Å². The van der Waals surface area contributed by atoms with Crippen molar-refractivity contribution >= 4 is 17.7 Å². The zero-order valence-corrected chi connectivity index (χ0v) is 21.6. The molecule has 1 aromatic rings. The number of ketones is 1. The zero-order valence-electron chi connectivity index (χ0n) is 21.6. The first-order chi connectivity index (χ1) is 15.5. The number of hydrogen-bond donors (Lipinski definition) is 0. The fourth-order valence-electron chi connectivity index (χ4n) is 4.07. The molecular weight excluding hydrogens is 416 g/mol. The normalized spacial score (nSPS) is 13.3. The van der Waals surface area contributed by atoms with E-state index in [4.69, 9.17) is 9.47 Å². The largest absolute Gasteiger partial charge is 0.463 e. The summed E-state index contributed by atoms with van der Waals surface area (Å²) in [6.45, 7) is 12.0. The maximum atomic E-state index is 12.2. The Kier molecular flexibility index (Phi) is 13.0. The van der Waals surface area contributed by atoms with Crippen molar-refractivity contribution in [1.82, 2.24) is 0 Å². The molecule has 0 saturated carbocycles. The Balaban J connectivity index is 2.46. The van der Waals surface area contributed by atoms with Crippen LogP contribution in [0.2, 0.25) is 0 Å². The predicted octanol–water partition coefficient (Wildman–Crippen LogP) is 6.71. The summed E-state index contributed by atoms with van der Waals surface area (Å²) in [6.07, 6.45) is 8.10. The number of Topliss-reactive ketones (excluding diaryl/α,β-unsaturated/α-hetero) is 1. The number of carbonyl (C=O) groups excluding carboxylic acids is 3. The van der Waals surface area contributed by atoms with Gasteiger partial charge in [-0.2, -0.15) is 0 Å². The summed E-state index contributed by atoms with van der Waals surface area (Å²) in [5.74, 6) is -0.264. The highest BCUT2D eigenvalue weighted by Gasteiger charge is 2.18. The molecule has 0 saturated heterocycles. The molecule has 0 heterocycles. The van der Waals surface area contributed by atoms with E-state index in [2.05, 4.69) is 20.8 Å². The van der Waals surface area contributed by atoms with E-state index in [9.17, 15) is 14.4 Å². The molecule has 186 valence electrons. The minimum Gasteiger partial charge on any atom is -0.463 e. The van der Waals surface area contributed by atoms with E-state index >= 15 is 0 Å². The molecule has 0 bridgehead atoms. The minimum atomic E-state index is -0.300. The van der Waals surface area contributed by atoms with E-state index in [-0.39, 0.29) is 35.2 Å². The molecule has 5 nitrogen and oxygen atoms in total. The van der Waals surface area contributed by atoms with E-state index in [1.165, 1.54) is 6.92 Å². The SMILES string of the molecule is CCOC(=O)c1ccc(CCCC(CCCC(CCCC(C)(C)C)OC(C)=O)C(C)=O)cc1. The van der Waals surface area contributed by atoms with Crippen LogP contribution in [0, 0.1) is 11.3 Å². The molecule has 0 amide bonds. The average Bonchev–Trinajstić information content (AvgIpc) is 2.71. The Morgan fingerprint density at radius 1 is 0.879 bits per heavy atom. The predicted molar refractivity (Wildman–Crippen MR) is 132 cm³/mol. The standard InChI is InChI=1S/C28H44O5/c1-7-32-27(31)25-18-16-23(17-19-25)11-8-12-24(21(2)29)13-9-14-26(33-22(3)30)15-10-20-28(4,5)6/h16-19,24,26H,7-15,20H2,1-6H3. The van der Waals surface area contributed by atoms with Crippen LogP contribution in [-0.2, 0) is 25.5 Å². The van der Waals surface area contributed by atoms with E-state index < -0.39 is 0 Å². The third-order valence-corrected chi connectivity index (χ3v) is 5.92. The summed E-state index contributed by atoms with van der Waals surface area (Å²) >= 11 is 0. The molecule has 0 radical (unpaired) electrons. The van der Waals surface area contributed by atoms with Crippen LogP contribution < -0.4 is 0 Å². The van der Waals surface area contributed by atoms with Crippen LogP contribution in [0.25, 0.3) is 0 Å². The molecule has 0 aliphatic rings. The summed E-state index contributed by atoms with van der Waals surface area (Å²) in [7, 11) is 0. The molecule has 0 fully saturated rings. The second-order valence-electron chi connectivity index (χ2n) is 10.2. The molecular formula is C28H44O5. The first-order valence-corrected chi connectivity index (χ1v) is 12.5. The van der Waals surface area contributed by atoms with Crippen LogP contribution in [0.3, 0.4) is 0 Å². The highest BCUT2D eigenvalue weighted by atomic mass is 16.5. The number of ether oxygens (including phenoxy) is 2. The molecule has 2 unspecified atom stereocenters. The zero-order chi connectivity index (χ0) is 24.9. The van der Waals surface area contributed by atoms with Crippen molar-refractivity contribution in [1.29, 1.82) is 0 Å². The van der Waals surface area contributed by atoms with Gasteiger partial charge in [-0.25, -0.2) is 4.79 Å². The fourth-order valence-corrected chi connectivity index (χ4v) is 4.07. The van der Waals surface area contributed by atoms with Gasteiger partial charge < -0.3 is 9.47 Å². The summed E-state index contributed by atoms with van der Waals surface area (Å²) in [5.41, 5.74) is 1.99. The molecule has 1 aromatic carbocycles. The summed E-state index contributed by atoms with van der Waals surface area (Å²) in [4.78, 5) is 35.4. The molecule has 5 heteroatoms. The minimum absolute atomic E-state index is 0.0383. The smallest absolute Gasteiger partial charge is 0.338 e. The lowest BCUT2D eigenvalue weighted by atomic mass is 9.88. The van der Waals surface area contributed by atoms with Crippen LogP contribution in [-0.4, -0.2) is 30.4 Å². The van der Waals surface area contributed by atoms with Gasteiger partial charge in [0, 0.05) is 12.8 Å². The van der Waals surface area contributed by atoms with Crippen molar-refractivity contribution < 1.29 is 23.9 Å². The highest BCUT2D eigenvalue weighted by molar-refractivity contribution is 5.89. The van der Waals surface area contributed by atoms with Crippen molar-refractivity contribution in [3.05, 3.63) is 35.4 Å². The Bertz CT molecular complexity index is 730. The first-order valence-electron chi connectivity index (χ1n) is 12.5. The summed E-state index contributed by atoms with van der Waals surface area (Å²) in [5, 5.41) is 0. The van der Waals surface area contributed by atoms with Crippen molar-refractivity contribution in [2.24, 2.45) is 11.3 Å². The van der Waals surface area contributed by atoms with Gasteiger partial charge in [0.25, 0.3) is 0 Å². The number of rotatable bonds is 15. The van der Waals surface area contributed by atoms with Crippen LogP contribution in [0.4, 0.5) is 0 Å². The fraction of sp³-hybridized carbons (Fsp3) is 0.679. The summed E-state index contributed by atoms with van der Waals surface area (Å²) < 4.78 is 10.5. The third kappa shape index (κ3) is 13.2. The Morgan fingerprint density at radius 3 is 2.03 bits per heavy atom. The lowest BCUT2D eigenvalue weighted by molar-refractivity contribution is -0.147. The molecule has 1 rings (SSSR count). The maximum Gasteiger partial charge on any atom is 0.338 e. The van der Waals surface area contributed by atoms with Crippen molar-refractivity contribution in [2.45, 2.75) is 105 Å².